The van der Waals surface area contributed by atoms with Gasteiger partial charge in [0.05, 0.1) is 35.5 Å². The lowest BCUT2D eigenvalue weighted by Crippen LogP contribution is -2.33. The molecule has 2 heterocycles. The maximum Gasteiger partial charge on any atom is 0.0875 e. The van der Waals surface area contributed by atoms with Gasteiger partial charge in [-0.1, -0.05) is 48.9 Å². The van der Waals surface area contributed by atoms with E-state index in [0.717, 1.165) is 28.5 Å². The van der Waals surface area contributed by atoms with E-state index >= 15 is 0 Å². The number of benzene rings is 2. The lowest BCUT2D eigenvalue weighted by atomic mass is 9.94. The molecule has 1 aromatic heterocycles. The van der Waals surface area contributed by atoms with Crippen LogP contribution in [0, 0.1) is 6.92 Å². The highest BCUT2D eigenvalue weighted by atomic mass is 35.5. The van der Waals surface area contributed by atoms with Crippen LogP contribution in [0.4, 0.5) is 0 Å². The molecule has 1 fully saturated rings. The zero-order chi connectivity index (χ0) is 20.5. The topological polar surface area (TPSA) is 54.6 Å². The third-order valence-electron chi connectivity index (χ3n) is 5.92. The molecule has 1 aliphatic heterocycles. The van der Waals surface area contributed by atoms with E-state index in [0.29, 0.717) is 24.4 Å². The Balaban J connectivity index is 1.78. The molecular formula is C24H28ClNO3. The van der Waals surface area contributed by atoms with E-state index in [9.17, 15) is 10.2 Å². The van der Waals surface area contributed by atoms with Crippen molar-refractivity contribution in [2.75, 3.05) is 6.61 Å². The van der Waals surface area contributed by atoms with Crippen LogP contribution in [-0.4, -0.2) is 33.6 Å². The van der Waals surface area contributed by atoms with Crippen LogP contribution >= 0.6 is 11.6 Å². The molecule has 29 heavy (non-hydrogen) atoms. The third-order valence-corrected chi connectivity index (χ3v) is 6.23. The molecule has 0 radical (unpaired) electrons. The molecule has 4 rings (SSSR count). The average molecular weight is 414 g/mol. The predicted molar refractivity (Wildman–Crippen MR) is 117 cm³/mol. The summed E-state index contributed by atoms with van der Waals surface area (Å²) in [7, 11) is 0. The fourth-order valence-corrected chi connectivity index (χ4v) is 4.63. The number of rotatable bonds is 5. The molecule has 2 N–H and O–H groups in total. The molecule has 2 aromatic carbocycles. The van der Waals surface area contributed by atoms with E-state index in [4.69, 9.17) is 16.3 Å². The summed E-state index contributed by atoms with van der Waals surface area (Å²) in [4.78, 5) is 0. The summed E-state index contributed by atoms with van der Waals surface area (Å²) in [6, 6.07) is 12.6. The molecule has 3 atom stereocenters. The summed E-state index contributed by atoms with van der Waals surface area (Å²) in [6.45, 7) is 4.85. The third kappa shape index (κ3) is 4.08. The lowest BCUT2D eigenvalue weighted by Gasteiger charge is -2.32. The summed E-state index contributed by atoms with van der Waals surface area (Å²) in [5, 5.41) is 21.7. The quantitative estimate of drug-likeness (QED) is 0.632. The molecule has 1 saturated heterocycles. The predicted octanol–water partition coefficient (Wildman–Crippen LogP) is 4.79. The number of halogens is 1. The van der Waals surface area contributed by atoms with E-state index in [2.05, 4.69) is 48.9 Å². The number of nitrogens with zero attached hydrogens (tertiary/aromatic N) is 1. The molecule has 0 bridgehead atoms. The van der Waals surface area contributed by atoms with Gasteiger partial charge in [0.2, 0.25) is 0 Å². The van der Waals surface area contributed by atoms with Gasteiger partial charge in [-0.2, -0.15) is 0 Å². The Bertz CT molecular complexity index is 996. The number of fused-ring (bicyclic) bond motifs is 1. The van der Waals surface area contributed by atoms with Gasteiger partial charge in [-0.3, -0.25) is 0 Å². The monoisotopic (exact) mass is 413 g/mol. The second kappa shape index (κ2) is 8.49. The van der Waals surface area contributed by atoms with Gasteiger partial charge in [0.15, 0.2) is 0 Å². The fraction of sp³-hybridized carbons (Fsp3) is 0.417. The standard InChI is InChI=1S/C24H28ClNO3/c1-3-16-5-7-17(8-6-16)12-26-13-20(22-11-18(28)10-19(14-27)29-22)23-15(2)4-9-21(25)24(23)26/h4-9,13,18-19,22,27-28H,3,10-12,14H2,1-2H3/t18-,19-,22+/m0/s1. The van der Waals surface area contributed by atoms with E-state index in [1.807, 2.05) is 12.1 Å². The van der Waals surface area contributed by atoms with Crippen molar-refractivity contribution in [1.82, 2.24) is 4.57 Å². The van der Waals surface area contributed by atoms with Crippen LogP contribution < -0.4 is 0 Å². The maximum atomic E-state index is 10.3. The molecule has 0 spiro atoms. The number of aryl methyl sites for hydroxylation is 2. The Morgan fingerprint density at radius 1 is 1.10 bits per heavy atom. The van der Waals surface area contributed by atoms with Crippen molar-refractivity contribution in [3.8, 4) is 0 Å². The van der Waals surface area contributed by atoms with Gasteiger partial charge in [-0.25, -0.2) is 0 Å². The smallest absolute Gasteiger partial charge is 0.0875 e. The van der Waals surface area contributed by atoms with Gasteiger partial charge in [-0.05, 0) is 36.1 Å². The van der Waals surface area contributed by atoms with Crippen LogP contribution in [0.3, 0.4) is 0 Å². The van der Waals surface area contributed by atoms with Gasteiger partial charge in [0.25, 0.3) is 0 Å². The Hall–Kier alpha value is -1.85. The first kappa shape index (κ1) is 20.4. The Labute approximate surface area is 176 Å². The summed E-state index contributed by atoms with van der Waals surface area (Å²) in [6.07, 6.45) is 3.03. The molecule has 3 aromatic rings. The highest BCUT2D eigenvalue weighted by molar-refractivity contribution is 6.35. The zero-order valence-electron chi connectivity index (χ0n) is 16.9. The zero-order valence-corrected chi connectivity index (χ0v) is 17.7. The van der Waals surface area contributed by atoms with Gasteiger partial charge in [0, 0.05) is 36.5 Å². The van der Waals surface area contributed by atoms with Gasteiger partial charge in [-0.15, -0.1) is 0 Å². The molecule has 4 nitrogen and oxygen atoms in total. The Morgan fingerprint density at radius 2 is 1.83 bits per heavy atom. The van der Waals surface area contributed by atoms with Gasteiger partial charge < -0.3 is 19.5 Å². The molecule has 0 unspecified atom stereocenters. The highest BCUT2D eigenvalue weighted by Crippen LogP contribution is 2.40. The maximum absolute atomic E-state index is 10.3. The van der Waals surface area contributed by atoms with E-state index in [-0.39, 0.29) is 18.8 Å². The number of ether oxygens (including phenoxy) is 1. The number of aromatic nitrogens is 1. The highest BCUT2D eigenvalue weighted by Gasteiger charge is 2.31. The first-order valence-electron chi connectivity index (χ1n) is 10.3. The Kier molecular flexibility index (Phi) is 5.98. The molecule has 0 amide bonds. The normalized spacial score (nSPS) is 22.3. The first-order valence-corrected chi connectivity index (χ1v) is 10.7. The van der Waals surface area contributed by atoms with Crippen LogP contribution in [0.25, 0.3) is 10.9 Å². The average Bonchev–Trinajstić information content (AvgIpc) is 3.11. The minimum Gasteiger partial charge on any atom is -0.394 e. The van der Waals surface area contributed by atoms with Crippen molar-refractivity contribution >= 4 is 22.5 Å². The SMILES string of the molecule is CCc1ccc(Cn2cc([C@H]3C[C@@H](O)C[C@@H](CO)O3)c3c(C)ccc(Cl)c32)cc1. The second-order valence-electron chi connectivity index (χ2n) is 8.02. The van der Waals surface area contributed by atoms with Crippen molar-refractivity contribution in [2.45, 2.75) is 58.0 Å². The fourth-order valence-electron chi connectivity index (χ4n) is 4.36. The number of hydrogen-bond donors (Lipinski definition) is 2. The van der Waals surface area contributed by atoms with Gasteiger partial charge in [0.1, 0.15) is 0 Å². The molecule has 0 aliphatic carbocycles. The molecule has 0 saturated carbocycles. The van der Waals surface area contributed by atoms with Crippen LogP contribution in [0.1, 0.15) is 48.1 Å². The lowest BCUT2D eigenvalue weighted by molar-refractivity contribution is -0.113. The largest absolute Gasteiger partial charge is 0.394 e. The summed E-state index contributed by atoms with van der Waals surface area (Å²) in [5.74, 6) is 0. The van der Waals surface area contributed by atoms with Crippen molar-refractivity contribution in [2.24, 2.45) is 0 Å². The van der Waals surface area contributed by atoms with Crippen molar-refractivity contribution < 1.29 is 14.9 Å². The van der Waals surface area contributed by atoms with Crippen LogP contribution in [0.5, 0.6) is 0 Å². The first-order chi connectivity index (χ1) is 14.0. The number of aliphatic hydroxyl groups excluding tert-OH is 2. The van der Waals surface area contributed by atoms with Crippen LogP contribution in [0.15, 0.2) is 42.6 Å². The van der Waals surface area contributed by atoms with E-state index in [1.54, 1.807) is 0 Å². The molecule has 154 valence electrons. The molecule has 1 aliphatic rings. The minimum atomic E-state index is -0.481. The van der Waals surface area contributed by atoms with E-state index in [1.165, 1.54) is 11.1 Å². The second-order valence-corrected chi connectivity index (χ2v) is 8.43. The summed E-state index contributed by atoms with van der Waals surface area (Å²) >= 11 is 6.63. The summed E-state index contributed by atoms with van der Waals surface area (Å²) in [5.41, 5.74) is 5.68. The van der Waals surface area contributed by atoms with Gasteiger partial charge >= 0.3 is 0 Å². The molecule has 5 heteroatoms. The van der Waals surface area contributed by atoms with Crippen molar-refractivity contribution in [3.63, 3.8) is 0 Å². The van der Waals surface area contributed by atoms with Crippen LogP contribution in [0.2, 0.25) is 5.02 Å². The van der Waals surface area contributed by atoms with Crippen molar-refractivity contribution in [1.29, 1.82) is 0 Å². The van der Waals surface area contributed by atoms with Crippen molar-refractivity contribution in [3.05, 3.63) is 69.9 Å². The molecular weight excluding hydrogens is 386 g/mol. The summed E-state index contributed by atoms with van der Waals surface area (Å²) < 4.78 is 8.30. The number of hydrogen-bond acceptors (Lipinski definition) is 3. The minimum absolute atomic E-state index is 0.0876. The van der Waals surface area contributed by atoms with E-state index < -0.39 is 6.10 Å². The van der Waals surface area contributed by atoms with Crippen LogP contribution in [-0.2, 0) is 17.7 Å². The Morgan fingerprint density at radius 3 is 2.52 bits per heavy atom. The number of aliphatic hydroxyl groups is 2.